The molecule has 0 spiro atoms. The molecule has 1 amide bonds. The van der Waals surface area contributed by atoms with E-state index in [1.807, 2.05) is 6.92 Å². The van der Waals surface area contributed by atoms with Crippen LogP contribution in [0.1, 0.15) is 19.8 Å². The molecule has 4 nitrogen and oxygen atoms in total. The average Bonchev–Trinajstić information content (AvgIpc) is 2.49. The Bertz CT molecular complexity index is 464. The highest BCUT2D eigenvalue weighted by Gasteiger charge is 2.13. The Hall–Kier alpha value is -1.56. The molecule has 0 heterocycles. The number of rotatable bonds is 8. The number of ether oxygens (including phenoxy) is 1. The van der Waals surface area contributed by atoms with Crippen molar-refractivity contribution in [2.75, 3.05) is 26.0 Å². The first kappa shape index (κ1) is 17.5. The third-order valence-corrected chi connectivity index (χ3v) is 3.96. The summed E-state index contributed by atoms with van der Waals surface area (Å²) in [4.78, 5) is 25.7. The summed E-state index contributed by atoms with van der Waals surface area (Å²) in [5, 5.41) is 0. The molecule has 0 saturated carbocycles. The van der Waals surface area contributed by atoms with Crippen LogP contribution in [0.15, 0.2) is 29.2 Å². The minimum Gasteiger partial charge on any atom is -0.469 e. The molecular formula is C15H20FNO3S. The van der Waals surface area contributed by atoms with Crippen LogP contribution in [0.3, 0.4) is 0 Å². The number of hydrogen-bond acceptors (Lipinski definition) is 4. The van der Waals surface area contributed by atoms with Crippen LogP contribution in [0.4, 0.5) is 4.39 Å². The summed E-state index contributed by atoms with van der Waals surface area (Å²) in [7, 11) is 1.33. The normalized spacial score (nSPS) is 10.2. The quantitative estimate of drug-likeness (QED) is 0.547. The fourth-order valence-corrected chi connectivity index (χ4v) is 2.57. The predicted molar refractivity (Wildman–Crippen MR) is 80.6 cm³/mol. The highest BCUT2D eigenvalue weighted by Crippen LogP contribution is 2.19. The van der Waals surface area contributed by atoms with Gasteiger partial charge >= 0.3 is 5.97 Å². The van der Waals surface area contributed by atoms with Crippen LogP contribution in [0.25, 0.3) is 0 Å². The van der Waals surface area contributed by atoms with Gasteiger partial charge in [0.2, 0.25) is 5.91 Å². The first-order valence-corrected chi connectivity index (χ1v) is 7.78. The molecule has 0 atom stereocenters. The molecule has 0 fully saturated rings. The molecule has 0 aromatic heterocycles. The Balaban J connectivity index is 2.33. The Labute approximate surface area is 128 Å². The van der Waals surface area contributed by atoms with Crippen LogP contribution in [0, 0.1) is 5.82 Å². The molecule has 6 heteroatoms. The number of nitrogens with zero attached hydrogens (tertiary/aromatic N) is 1. The van der Waals surface area contributed by atoms with Crippen molar-refractivity contribution in [2.45, 2.75) is 24.7 Å². The number of carbonyl (C=O) groups is 2. The summed E-state index contributed by atoms with van der Waals surface area (Å²) in [6.45, 7) is 2.82. The van der Waals surface area contributed by atoms with E-state index < -0.39 is 0 Å². The highest BCUT2D eigenvalue weighted by molar-refractivity contribution is 7.99. The SMILES string of the molecule is CCN(CCC(=O)OC)C(=O)CCSc1ccc(F)cc1. The first-order valence-electron chi connectivity index (χ1n) is 6.79. The van der Waals surface area contributed by atoms with Gasteiger partial charge in [0, 0.05) is 30.2 Å². The van der Waals surface area contributed by atoms with Crippen LogP contribution < -0.4 is 0 Å². The summed E-state index contributed by atoms with van der Waals surface area (Å²) in [5.41, 5.74) is 0. The first-order chi connectivity index (χ1) is 10.1. The second kappa shape index (κ2) is 9.39. The van der Waals surface area contributed by atoms with Gasteiger partial charge in [-0.05, 0) is 31.2 Å². The van der Waals surface area contributed by atoms with E-state index in [2.05, 4.69) is 4.74 Å². The monoisotopic (exact) mass is 313 g/mol. The zero-order chi connectivity index (χ0) is 15.7. The number of hydrogen-bond donors (Lipinski definition) is 0. The molecule has 0 saturated heterocycles. The van der Waals surface area contributed by atoms with Crippen molar-refractivity contribution in [3.63, 3.8) is 0 Å². The van der Waals surface area contributed by atoms with Crippen molar-refractivity contribution < 1.29 is 18.7 Å². The molecule has 0 bridgehead atoms. The Morgan fingerprint density at radius 1 is 1.24 bits per heavy atom. The lowest BCUT2D eigenvalue weighted by Gasteiger charge is -2.20. The molecule has 21 heavy (non-hydrogen) atoms. The van der Waals surface area contributed by atoms with Crippen molar-refractivity contribution >= 4 is 23.6 Å². The number of methoxy groups -OCH3 is 1. The second-order valence-electron chi connectivity index (χ2n) is 4.35. The van der Waals surface area contributed by atoms with Crippen LogP contribution in [-0.4, -0.2) is 42.7 Å². The zero-order valence-electron chi connectivity index (χ0n) is 12.3. The van der Waals surface area contributed by atoms with Crippen LogP contribution in [0.2, 0.25) is 0 Å². The van der Waals surface area contributed by atoms with Gasteiger partial charge in [-0.1, -0.05) is 0 Å². The van der Waals surface area contributed by atoms with Gasteiger partial charge in [-0.2, -0.15) is 0 Å². The molecule has 0 aliphatic rings. The Morgan fingerprint density at radius 2 is 1.90 bits per heavy atom. The van der Waals surface area contributed by atoms with Crippen LogP contribution in [0.5, 0.6) is 0 Å². The summed E-state index contributed by atoms with van der Waals surface area (Å²) in [5.74, 6) is 0.0486. The van der Waals surface area contributed by atoms with Crippen molar-refractivity contribution in [1.82, 2.24) is 4.90 Å². The maximum atomic E-state index is 12.8. The Kier molecular flexibility index (Phi) is 7.82. The average molecular weight is 313 g/mol. The van der Waals surface area contributed by atoms with Crippen molar-refractivity contribution in [1.29, 1.82) is 0 Å². The third kappa shape index (κ3) is 6.62. The number of benzene rings is 1. The van der Waals surface area contributed by atoms with Gasteiger partial charge in [-0.3, -0.25) is 9.59 Å². The molecule has 0 unspecified atom stereocenters. The number of thioether (sulfide) groups is 1. The molecule has 0 N–H and O–H groups in total. The van der Waals surface area contributed by atoms with E-state index >= 15 is 0 Å². The summed E-state index contributed by atoms with van der Waals surface area (Å²) in [6.07, 6.45) is 0.595. The van der Waals surface area contributed by atoms with E-state index in [4.69, 9.17) is 0 Å². The molecule has 116 valence electrons. The smallest absolute Gasteiger partial charge is 0.307 e. The fraction of sp³-hybridized carbons (Fsp3) is 0.467. The van der Waals surface area contributed by atoms with Gasteiger partial charge in [-0.15, -0.1) is 11.8 Å². The minimum atomic E-state index is -0.318. The summed E-state index contributed by atoms with van der Waals surface area (Å²) in [6, 6.07) is 6.19. The zero-order valence-corrected chi connectivity index (χ0v) is 13.1. The second-order valence-corrected chi connectivity index (χ2v) is 5.52. The van der Waals surface area contributed by atoms with Crippen LogP contribution >= 0.6 is 11.8 Å². The lowest BCUT2D eigenvalue weighted by atomic mass is 10.3. The third-order valence-electron chi connectivity index (χ3n) is 2.95. The van der Waals surface area contributed by atoms with Gasteiger partial charge in [0.1, 0.15) is 5.82 Å². The van der Waals surface area contributed by atoms with Gasteiger partial charge in [0.15, 0.2) is 0 Å². The number of amides is 1. The topological polar surface area (TPSA) is 46.6 Å². The number of carbonyl (C=O) groups excluding carboxylic acids is 2. The number of esters is 1. The van der Waals surface area contributed by atoms with E-state index in [-0.39, 0.29) is 24.1 Å². The molecule has 1 aromatic carbocycles. The summed E-state index contributed by atoms with van der Waals surface area (Å²) < 4.78 is 17.3. The molecular weight excluding hydrogens is 293 g/mol. The van der Waals surface area contributed by atoms with Gasteiger partial charge < -0.3 is 9.64 Å². The maximum absolute atomic E-state index is 12.8. The lowest BCUT2D eigenvalue weighted by molar-refractivity contribution is -0.141. The summed E-state index contributed by atoms with van der Waals surface area (Å²) >= 11 is 1.51. The molecule has 0 aliphatic heterocycles. The van der Waals surface area contributed by atoms with E-state index in [1.165, 1.54) is 31.0 Å². The van der Waals surface area contributed by atoms with E-state index in [1.54, 1.807) is 17.0 Å². The predicted octanol–water partition coefficient (Wildman–Crippen LogP) is 2.72. The van der Waals surface area contributed by atoms with E-state index in [9.17, 15) is 14.0 Å². The van der Waals surface area contributed by atoms with Gasteiger partial charge in [-0.25, -0.2) is 4.39 Å². The molecule has 1 rings (SSSR count). The van der Waals surface area contributed by atoms with Gasteiger partial charge in [0.05, 0.1) is 13.5 Å². The number of halogens is 1. The standard InChI is InChI=1S/C15H20FNO3S/c1-3-17(10-8-15(19)20-2)14(18)9-11-21-13-6-4-12(16)5-7-13/h4-7H,3,8-11H2,1-2H3. The molecule has 0 aliphatic carbocycles. The van der Waals surface area contributed by atoms with E-state index in [0.29, 0.717) is 25.3 Å². The Morgan fingerprint density at radius 3 is 2.48 bits per heavy atom. The maximum Gasteiger partial charge on any atom is 0.307 e. The van der Waals surface area contributed by atoms with Crippen molar-refractivity contribution in [3.8, 4) is 0 Å². The minimum absolute atomic E-state index is 0.0102. The highest BCUT2D eigenvalue weighted by atomic mass is 32.2. The van der Waals surface area contributed by atoms with Gasteiger partial charge in [0.25, 0.3) is 0 Å². The lowest BCUT2D eigenvalue weighted by Crippen LogP contribution is -2.33. The largest absolute Gasteiger partial charge is 0.469 e. The van der Waals surface area contributed by atoms with E-state index in [0.717, 1.165) is 4.90 Å². The van der Waals surface area contributed by atoms with Crippen molar-refractivity contribution in [2.24, 2.45) is 0 Å². The molecule has 1 aromatic rings. The van der Waals surface area contributed by atoms with Crippen molar-refractivity contribution in [3.05, 3.63) is 30.1 Å². The molecule has 0 radical (unpaired) electrons. The van der Waals surface area contributed by atoms with Crippen LogP contribution in [-0.2, 0) is 14.3 Å². The fourth-order valence-electron chi connectivity index (χ4n) is 1.73.